The molecular weight excluding hydrogens is 446 g/mol. The summed E-state index contributed by atoms with van der Waals surface area (Å²) in [6, 6.07) is 38.1. The molecule has 0 amide bonds. The SMILES string of the molecule is CC1(C)c2ccccc2-c2c1c1c(c3c4ccccc4n(-c4ccccc4)c23)C(C)(C)c2ccccc2-1. The number of rotatable bonds is 1. The van der Waals surface area contributed by atoms with Crippen molar-refractivity contribution < 1.29 is 0 Å². The second kappa shape index (κ2) is 6.81. The van der Waals surface area contributed by atoms with Crippen molar-refractivity contribution >= 4 is 21.8 Å². The molecule has 0 N–H and O–H groups in total. The van der Waals surface area contributed by atoms with Crippen molar-refractivity contribution in [3.63, 3.8) is 0 Å². The van der Waals surface area contributed by atoms with Crippen molar-refractivity contribution in [2.45, 2.75) is 38.5 Å². The molecule has 1 heteroatoms. The second-order valence-electron chi connectivity index (χ2n) is 11.8. The van der Waals surface area contributed by atoms with Crippen LogP contribution in [0, 0.1) is 0 Å². The average molecular weight is 476 g/mol. The fourth-order valence-electron chi connectivity index (χ4n) is 7.61. The summed E-state index contributed by atoms with van der Waals surface area (Å²) in [7, 11) is 0. The summed E-state index contributed by atoms with van der Waals surface area (Å²) in [4.78, 5) is 0. The highest BCUT2D eigenvalue weighted by Crippen LogP contribution is 2.63. The van der Waals surface area contributed by atoms with Crippen molar-refractivity contribution in [1.29, 1.82) is 0 Å². The number of hydrogen-bond acceptors (Lipinski definition) is 0. The molecule has 37 heavy (non-hydrogen) atoms. The van der Waals surface area contributed by atoms with Gasteiger partial charge in [0.05, 0.1) is 11.0 Å². The van der Waals surface area contributed by atoms with Crippen LogP contribution in [0.4, 0.5) is 0 Å². The van der Waals surface area contributed by atoms with Gasteiger partial charge in [0.25, 0.3) is 0 Å². The van der Waals surface area contributed by atoms with Crippen LogP contribution in [0.15, 0.2) is 103 Å². The van der Waals surface area contributed by atoms with E-state index in [2.05, 4.69) is 135 Å². The van der Waals surface area contributed by atoms with Gasteiger partial charge >= 0.3 is 0 Å². The van der Waals surface area contributed by atoms with Crippen LogP contribution >= 0.6 is 0 Å². The lowest BCUT2D eigenvalue weighted by Gasteiger charge is -2.27. The number of hydrogen-bond donors (Lipinski definition) is 0. The third kappa shape index (κ3) is 2.40. The molecule has 5 aromatic carbocycles. The molecule has 0 saturated carbocycles. The van der Waals surface area contributed by atoms with E-state index in [4.69, 9.17) is 0 Å². The summed E-state index contributed by atoms with van der Waals surface area (Å²) in [5, 5.41) is 2.74. The zero-order valence-electron chi connectivity index (χ0n) is 21.8. The van der Waals surface area contributed by atoms with Gasteiger partial charge in [-0.15, -0.1) is 0 Å². The normalized spacial score (nSPS) is 16.0. The van der Waals surface area contributed by atoms with Gasteiger partial charge < -0.3 is 4.57 Å². The van der Waals surface area contributed by atoms with Gasteiger partial charge in [-0.2, -0.15) is 0 Å². The smallest absolute Gasteiger partial charge is 0.0626 e. The van der Waals surface area contributed by atoms with E-state index in [-0.39, 0.29) is 10.8 Å². The molecular formula is C36H29N. The first kappa shape index (κ1) is 21.0. The molecule has 1 nitrogen and oxygen atoms in total. The van der Waals surface area contributed by atoms with E-state index in [1.54, 1.807) is 0 Å². The molecule has 0 radical (unpaired) electrons. The van der Waals surface area contributed by atoms with E-state index in [1.807, 2.05) is 0 Å². The first-order valence-electron chi connectivity index (χ1n) is 13.3. The predicted molar refractivity (Wildman–Crippen MR) is 156 cm³/mol. The summed E-state index contributed by atoms with van der Waals surface area (Å²) in [5.74, 6) is 0. The molecule has 2 aliphatic rings. The largest absolute Gasteiger partial charge is 0.309 e. The van der Waals surface area contributed by atoms with Crippen molar-refractivity contribution in [1.82, 2.24) is 4.57 Å². The van der Waals surface area contributed by atoms with Crippen LogP contribution < -0.4 is 0 Å². The van der Waals surface area contributed by atoms with Gasteiger partial charge in [0.15, 0.2) is 0 Å². The third-order valence-corrected chi connectivity index (χ3v) is 9.12. The molecule has 0 atom stereocenters. The first-order valence-corrected chi connectivity index (χ1v) is 13.3. The lowest BCUT2D eigenvalue weighted by molar-refractivity contribution is 0.651. The molecule has 0 unspecified atom stereocenters. The fourth-order valence-corrected chi connectivity index (χ4v) is 7.61. The molecule has 178 valence electrons. The van der Waals surface area contributed by atoms with Gasteiger partial charge in [0.1, 0.15) is 0 Å². The van der Waals surface area contributed by atoms with Gasteiger partial charge in [-0.25, -0.2) is 0 Å². The fraction of sp³-hybridized carbons (Fsp3) is 0.167. The molecule has 8 rings (SSSR count). The van der Waals surface area contributed by atoms with E-state index in [0.717, 1.165) is 0 Å². The Kier molecular flexibility index (Phi) is 3.87. The van der Waals surface area contributed by atoms with Crippen LogP contribution in [0.5, 0.6) is 0 Å². The number of benzene rings is 5. The quantitative estimate of drug-likeness (QED) is 0.223. The van der Waals surface area contributed by atoms with Gasteiger partial charge in [0.2, 0.25) is 0 Å². The Morgan fingerprint density at radius 3 is 1.76 bits per heavy atom. The highest BCUT2D eigenvalue weighted by molar-refractivity contribution is 6.21. The van der Waals surface area contributed by atoms with Crippen LogP contribution in [-0.2, 0) is 10.8 Å². The van der Waals surface area contributed by atoms with Gasteiger partial charge in [-0.1, -0.05) is 113 Å². The van der Waals surface area contributed by atoms with Crippen molar-refractivity contribution in [2.75, 3.05) is 0 Å². The van der Waals surface area contributed by atoms with Gasteiger partial charge in [0, 0.05) is 32.9 Å². The third-order valence-electron chi connectivity index (χ3n) is 9.12. The highest BCUT2D eigenvalue weighted by atomic mass is 15.0. The predicted octanol–water partition coefficient (Wildman–Crippen LogP) is 9.40. The lowest BCUT2D eigenvalue weighted by Crippen LogP contribution is -2.19. The Morgan fingerprint density at radius 1 is 0.514 bits per heavy atom. The first-order chi connectivity index (χ1) is 17.9. The number of para-hydroxylation sites is 2. The molecule has 6 aromatic rings. The van der Waals surface area contributed by atoms with Crippen LogP contribution in [-0.4, -0.2) is 4.57 Å². The highest BCUT2D eigenvalue weighted by Gasteiger charge is 2.47. The van der Waals surface area contributed by atoms with E-state index in [0.29, 0.717) is 0 Å². The molecule has 0 bridgehead atoms. The topological polar surface area (TPSA) is 4.93 Å². The maximum Gasteiger partial charge on any atom is 0.0626 e. The lowest BCUT2D eigenvalue weighted by atomic mass is 9.75. The summed E-state index contributed by atoms with van der Waals surface area (Å²) >= 11 is 0. The van der Waals surface area contributed by atoms with E-state index in [9.17, 15) is 0 Å². The summed E-state index contributed by atoms with van der Waals surface area (Å²) in [5.41, 5.74) is 15.1. The zero-order valence-corrected chi connectivity index (χ0v) is 21.8. The molecule has 1 heterocycles. The van der Waals surface area contributed by atoms with E-state index < -0.39 is 0 Å². The van der Waals surface area contributed by atoms with Crippen molar-refractivity contribution in [3.8, 4) is 27.9 Å². The maximum atomic E-state index is 2.53. The van der Waals surface area contributed by atoms with Crippen LogP contribution in [0.1, 0.15) is 49.9 Å². The van der Waals surface area contributed by atoms with Crippen LogP contribution in [0.2, 0.25) is 0 Å². The minimum Gasteiger partial charge on any atom is -0.309 e. The summed E-state index contributed by atoms with van der Waals surface area (Å²) in [6.45, 7) is 9.70. The van der Waals surface area contributed by atoms with Crippen LogP contribution in [0.3, 0.4) is 0 Å². The molecule has 0 fully saturated rings. The van der Waals surface area contributed by atoms with Crippen LogP contribution in [0.25, 0.3) is 49.7 Å². The maximum absolute atomic E-state index is 2.53. The van der Waals surface area contributed by atoms with Gasteiger partial charge in [-0.3, -0.25) is 0 Å². The molecule has 1 aromatic heterocycles. The minimum absolute atomic E-state index is 0.101. The Labute approximate surface area is 218 Å². The molecule has 2 aliphatic carbocycles. The molecule has 0 aliphatic heterocycles. The number of fused-ring (bicyclic) bond motifs is 12. The average Bonchev–Trinajstić information content (AvgIpc) is 3.47. The summed E-state index contributed by atoms with van der Waals surface area (Å²) in [6.07, 6.45) is 0. The molecule has 0 saturated heterocycles. The second-order valence-corrected chi connectivity index (χ2v) is 11.8. The Bertz CT molecular complexity index is 1910. The molecule has 0 spiro atoms. The van der Waals surface area contributed by atoms with Crippen molar-refractivity contribution in [2.24, 2.45) is 0 Å². The summed E-state index contributed by atoms with van der Waals surface area (Å²) < 4.78 is 2.53. The van der Waals surface area contributed by atoms with Gasteiger partial charge in [-0.05, 0) is 57.1 Å². The number of aromatic nitrogens is 1. The number of nitrogens with zero attached hydrogens (tertiary/aromatic N) is 1. The van der Waals surface area contributed by atoms with E-state index in [1.165, 1.54) is 72.0 Å². The Hall–Kier alpha value is -4.10. The zero-order chi connectivity index (χ0) is 25.1. The standard InChI is InChI=1S/C36H29N/c1-35(2)26-19-11-8-16-23(26)29-32-30(24-17-9-12-20-27(24)36(32,3)4)34-31(33(29)35)25-18-10-13-21-28(25)37(34)22-14-6-5-7-15-22/h5-21H,1-4H3. The Balaban J connectivity index is 1.73. The van der Waals surface area contributed by atoms with Crippen molar-refractivity contribution in [3.05, 3.63) is 125 Å². The Morgan fingerprint density at radius 2 is 1.05 bits per heavy atom. The minimum atomic E-state index is -0.101. The van der Waals surface area contributed by atoms with E-state index >= 15 is 0 Å². The monoisotopic (exact) mass is 475 g/mol.